The van der Waals surface area contributed by atoms with Gasteiger partial charge in [0.05, 0.1) is 5.69 Å². The Morgan fingerprint density at radius 1 is 1.44 bits per heavy atom. The molecule has 0 aliphatic rings. The Labute approximate surface area is 103 Å². The highest BCUT2D eigenvalue weighted by Crippen LogP contribution is 2.24. The molecule has 2 rings (SSSR count). The molecule has 1 aromatic heterocycles. The van der Waals surface area contributed by atoms with Crippen molar-refractivity contribution < 1.29 is 4.42 Å². The topological polar surface area (TPSA) is 52.0 Å². The molecule has 0 atom stereocenters. The molecule has 0 fully saturated rings. The van der Waals surface area contributed by atoms with Gasteiger partial charge in [-0.3, -0.25) is 0 Å². The summed E-state index contributed by atoms with van der Waals surface area (Å²) in [7, 11) is 0. The van der Waals surface area contributed by atoms with Crippen LogP contribution in [0.4, 0.5) is 0 Å². The van der Waals surface area contributed by atoms with E-state index in [9.17, 15) is 0 Å². The molecule has 1 aromatic carbocycles. The fraction of sp³-hybridized carbons (Fsp3) is 0.250. The smallest absolute Gasteiger partial charge is 0.226 e. The van der Waals surface area contributed by atoms with Crippen LogP contribution < -0.4 is 5.73 Å². The fourth-order valence-corrected chi connectivity index (χ4v) is 1.94. The molecule has 1 heterocycles. The summed E-state index contributed by atoms with van der Waals surface area (Å²) in [6, 6.07) is 7.89. The third kappa shape index (κ3) is 2.33. The van der Waals surface area contributed by atoms with Crippen molar-refractivity contribution in [3.05, 3.63) is 40.2 Å². The van der Waals surface area contributed by atoms with Gasteiger partial charge in [-0.05, 0) is 31.7 Å². The Kier molecular flexibility index (Phi) is 3.41. The number of benzene rings is 1. The van der Waals surface area contributed by atoms with Gasteiger partial charge in [-0.15, -0.1) is 0 Å². The summed E-state index contributed by atoms with van der Waals surface area (Å²) in [6.07, 6.45) is 0.729. The van der Waals surface area contributed by atoms with Crippen LogP contribution in [0.3, 0.4) is 0 Å². The van der Waals surface area contributed by atoms with Crippen molar-refractivity contribution in [1.29, 1.82) is 0 Å². The monoisotopic (exact) mass is 280 g/mol. The number of aryl methyl sites for hydroxylation is 1. The summed E-state index contributed by atoms with van der Waals surface area (Å²) >= 11 is 3.43. The van der Waals surface area contributed by atoms with Crippen molar-refractivity contribution >= 4 is 15.9 Å². The molecule has 0 aliphatic carbocycles. The number of nitrogens with zero attached hydrogens (tertiary/aromatic N) is 1. The maximum atomic E-state index is 5.68. The van der Waals surface area contributed by atoms with E-state index in [1.807, 2.05) is 31.2 Å². The van der Waals surface area contributed by atoms with Crippen molar-refractivity contribution in [3.63, 3.8) is 0 Å². The van der Waals surface area contributed by atoms with Crippen LogP contribution in [-0.4, -0.2) is 11.5 Å². The Balaban J connectivity index is 2.37. The van der Waals surface area contributed by atoms with Crippen molar-refractivity contribution in [2.24, 2.45) is 5.73 Å². The molecule has 0 saturated heterocycles. The second-order valence-electron chi connectivity index (χ2n) is 3.58. The third-order valence-corrected chi connectivity index (χ3v) is 2.83. The van der Waals surface area contributed by atoms with Crippen LogP contribution in [0.2, 0.25) is 0 Å². The van der Waals surface area contributed by atoms with E-state index in [0.717, 1.165) is 27.9 Å². The molecule has 0 bridgehead atoms. The van der Waals surface area contributed by atoms with E-state index < -0.39 is 0 Å². The molecule has 2 N–H and O–H groups in total. The van der Waals surface area contributed by atoms with Crippen LogP contribution in [0.5, 0.6) is 0 Å². The zero-order chi connectivity index (χ0) is 11.5. The molecule has 0 spiro atoms. The standard InChI is InChI=1S/C12H13BrN2O/c1-8-11(5-6-14)16-12(15-8)9-3-2-4-10(13)7-9/h2-4,7H,5-6,14H2,1H3. The SMILES string of the molecule is Cc1nc(-c2cccc(Br)c2)oc1CCN. The number of hydrogen-bond acceptors (Lipinski definition) is 3. The van der Waals surface area contributed by atoms with E-state index in [1.54, 1.807) is 0 Å². The minimum atomic E-state index is 0.577. The number of rotatable bonds is 3. The van der Waals surface area contributed by atoms with Crippen LogP contribution >= 0.6 is 15.9 Å². The molecule has 84 valence electrons. The van der Waals surface area contributed by atoms with E-state index in [-0.39, 0.29) is 0 Å². The van der Waals surface area contributed by atoms with Gasteiger partial charge < -0.3 is 10.2 Å². The predicted molar refractivity (Wildman–Crippen MR) is 67.1 cm³/mol. The summed E-state index contributed by atoms with van der Waals surface area (Å²) in [5, 5.41) is 0. The second-order valence-corrected chi connectivity index (χ2v) is 4.49. The molecule has 0 radical (unpaired) electrons. The normalized spacial score (nSPS) is 10.7. The number of halogens is 1. The minimum Gasteiger partial charge on any atom is -0.441 e. The van der Waals surface area contributed by atoms with Crippen LogP contribution in [-0.2, 0) is 6.42 Å². The predicted octanol–water partition coefficient (Wildman–Crippen LogP) is 2.91. The van der Waals surface area contributed by atoms with Crippen molar-refractivity contribution in [2.75, 3.05) is 6.54 Å². The molecule has 4 heteroatoms. The molecule has 16 heavy (non-hydrogen) atoms. The highest BCUT2D eigenvalue weighted by atomic mass is 79.9. The van der Waals surface area contributed by atoms with E-state index in [0.29, 0.717) is 12.4 Å². The first-order valence-corrected chi connectivity index (χ1v) is 5.92. The number of hydrogen-bond donors (Lipinski definition) is 1. The quantitative estimate of drug-likeness (QED) is 0.941. The molecule has 3 nitrogen and oxygen atoms in total. The summed E-state index contributed by atoms with van der Waals surface area (Å²) < 4.78 is 6.70. The van der Waals surface area contributed by atoms with Crippen LogP contribution in [0, 0.1) is 6.92 Å². The number of aromatic nitrogens is 1. The summed E-state index contributed by atoms with van der Waals surface area (Å²) in [6.45, 7) is 2.52. The van der Waals surface area contributed by atoms with Crippen molar-refractivity contribution in [1.82, 2.24) is 4.98 Å². The van der Waals surface area contributed by atoms with E-state index in [1.165, 1.54) is 0 Å². The van der Waals surface area contributed by atoms with Gasteiger partial charge in [0.1, 0.15) is 5.76 Å². The average Bonchev–Trinajstić information content (AvgIpc) is 2.61. The molecule has 2 aromatic rings. The second kappa shape index (κ2) is 4.80. The van der Waals surface area contributed by atoms with Gasteiger partial charge >= 0.3 is 0 Å². The van der Waals surface area contributed by atoms with Gasteiger partial charge in [-0.1, -0.05) is 22.0 Å². The maximum absolute atomic E-state index is 5.68. The van der Waals surface area contributed by atoms with Crippen LogP contribution in [0.1, 0.15) is 11.5 Å². The zero-order valence-corrected chi connectivity index (χ0v) is 10.6. The average molecular weight is 281 g/mol. The molecular weight excluding hydrogens is 268 g/mol. The Hall–Kier alpha value is -1.13. The largest absolute Gasteiger partial charge is 0.441 e. The molecule has 0 saturated carbocycles. The summed E-state index contributed by atoms with van der Waals surface area (Å²) in [5.41, 5.74) is 7.40. The molecule has 0 amide bonds. The molecule has 0 aliphatic heterocycles. The summed E-state index contributed by atoms with van der Waals surface area (Å²) in [4.78, 5) is 4.40. The zero-order valence-electron chi connectivity index (χ0n) is 9.03. The Bertz CT molecular complexity index is 494. The first kappa shape index (κ1) is 11.4. The van der Waals surface area contributed by atoms with Gasteiger partial charge in [0.25, 0.3) is 0 Å². The van der Waals surface area contributed by atoms with Gasteiger partial charge in [0.15, 0.2) is 0 Å². The lowest BCUT2D eigenvalue weighted by Gasteiger charge is -1.96. The van der Waals surface area contributed by atoms with E-state index >= 15 is 0 Å². The Morgan fingerprint density at radius 3 is 2.94 bits per heavy atom. The van der Waals surface area contributed by atoms with Gasteiger partial charge in [0, 0.05) is 16.5 Å². The molecule has 0 unspecified atom stereocenters. The molecular formula is C12H13BrN2O. The van der Waals surface area contributed by atoms with Gasteiger partial charge in [-0.25, -0.2) is 4.98 Å². The Morgan fingerprint density at radius 2 is 2.25 bits per heavy atom. The van der Waals surface area contributed by atoms with Crippen LogP contribution in [0.15, 0.2) is 33.2 Å². The maximum Gasteiger partial charge on any atom is 0.226 e. The van der Waals surface area contributed by atoms with E-state index in [4.69, 9.17) is 10.2 Å². The lowest BCUT2D eigenvalue weighted by atomic mass is 10.2. The van der Waals surface area contributed by atoms with Crippen molar-refractivity contribution in [3.8, 4) is 11.5 Å². The first-order chi connectivity index (χ1) is 7.70. The first-order valence-electron chi connectivity index (χ1n) is 5.13. The summed E-state index contributed by atoms with van der Waals surface area (Å²) in [5.74, 6) is 1.53. The number of nitrogens with two attached hydrogens (primary N) is 1. The number of oxazole rings is 1. The lowest BCUT2D eigenvalue weighted by Crippen LogP contribution is -2.02. The highest BCUT2D eigenvalue weighted by Gasteiger charge is 2.10. The highest BCUT2D eigenvalue weighted by molar-refractivity contribution is 9.10. The third-order valence-electron chi connectivity index (χ3n) is 2.34. The van der Waals surface area contributed by atoms with Gasteiger partial charge in [-0.2, -0.15) is 0 Å². The van der Waals surface area contributed by atoms with Gasteiger partial charge in [0.2, 0.25) is 5.89 Å². The lowest BCUT2D eigenvalue weighted by molar-refractivity contribution is 0.517. The van der Waals surface area contributed by atoms with E-state index in [2.05, 4.69) is 20.9 Å². The minimum absolute atomic E-state index is 0.577. The van der Waals surface area contributed by atoms with Crippen LogP contribution in [0.25, 0.3) is 11.5 Å². The fourth-order valence-electron chi connectivity index (χ4n) is 1.54. The van der Waals surface area contributed by atoms with Crippen molar-refractivity contribution in [2.45, 2.75) is 13.3 Å².